The average Bonchev–Trinajstić information content (AvgIpc) is 2.90. The van der Waals surface area contributed by atoms with Crippen molar-refractivity contribution in [2.45, 2.75) is 0 Å². The number of ether oxygens (including phenoxy) is 1. The van der Waals surface area contributed by atoms with Crippen LogP contribution in [0.15, 0.2) is 47.5 Å². The number of aromatic nitrogens is 1. The zero-order valence-corrected chi connectivity index (χ0v) is 13.7. The number of non-ortho nitro benzene ring substituents is 1. The van der Waals surface area contributed by atoms with E-state index in [1.807, 2.05) is 25.2 Å². The van der Waals surface area contributed by atoms with Gasteiger partial charge in [-0.05, 0) is 24.3 Å². The van der Waals surface area contributed by atoms with Crippen molar-refractivity contribution in [2.24, 2.45) is 12.0 Å². The summed E-state index contributed by atoms with van der Waals surface area (Å²) in [5.74, 6) is 0.203. The van der Waals surface area contributed by atoms with Crippen LogP contribution in [0, 0.1) is 10.1 Å². The standard InChI is InChI=1S/C16H13N3O4S/c1-18-13-7-6-12(23-2)9-14(13)24-16(18)17-15(20)10-4-3-5-11(8-10)19(21)22/h3-9H,1-2H3. The Labute approximate surface area is 140 Å². The lowest BCUT2D eigenvalue weighted by atomic mass is 10.2. The van der Waals surface area contributed by atoms with Crippen molar-refractivity contribution in [3.05, 3.63) is 62.9 Å². The topological polar surface area (TPSA) is 86.7 Å². The fourth-order valence-electron chi connectivity index (χ4n) is 2.25. The first-order chi connectivity index (χ1) is 11.5. The molecule has 0 radical (unpaired) electrons. The molecule has 0 unspecified atom stereocenters. The second-order valence-electron chi connectivity index (χ2n) is 5.00. The fraction of sp³-hybridized carbons (Fsp3) is 0.125. The van der Waals surface area contributed by atoms with E-state index in [2.05, 4.69) is 4.99 Å². The smallest absolute Gasteiger partial charge is 0.279 e. The molecule has 122 valence electrons. The SMILES string of the molecule is COc1ccc2c(c1)sc(=NC(=O)c1cccc([N+](=O)[O-])c1)n2C. The Balaban J connectivity index is 2.06. The van der Waals surface area contributed by atoms with E-state index >= 15 is 0 Å². The summed E-state index contributed by atoms with van der Waals surface area (Å²) < 4.78 is 7.93. The van der Waals surface area contributed by atoms with E-state index in [9.17, 15) is 14.9 Å². The Morgan fingerprint density at radius 1 is 1.29 bits per heavy atom. The lowest BCUT2D eigenvalue weighted by molar-refractivity contribution is -0.384. The molecule has 0 spiro atoms. The number of hydrogen-bond donors (Lipinski definition) is 0. The van der Waals surface area contributed by atoms with Crippen LogP contribution in [0.1, 0.15) is 10.4 Å². The molecule has 0 aliphatic rings. The Morgan fingerprint density at radius 2 is 2.08 bits per heavy atom. The van der Waals surface area contributed by atoms with Crippen LogP contribution >= 0.6 is 11.3 Å². The van der Waals surface area contributed by atoms with Gasteiger partial charge in [0.2, 0.25) is 0 Å². The van der Waals surface area contributed by atoms with Crippen LogP contribution in [0.25, 0.3) is 10.2 Å². The predicted molar refractivity (Wildman–Crippen MR) is 90.3 cm³/mol. The molecular formula is C16H13N3O4S. The molecule has 0 aliphatic carbocycles. The van der Waals surface area contributed by atoms with Gasteiger partial charge in [0.05, 0.1) is 22.2 Å². The Morgan fingerprint density at radius 3 is 2.79 bits per heavy atom. The van der Waals surface area contributed by atoms with E-state index < -0.39 is 10.8 Å². The monoisotopic (exact) mass is 343 g/mol. The lowest BCUT2D eigenvalue weighted by Gasteiger charge is -1.99. The van der Waals surface area contributed by atoms with Crippen LogP contribution in [0.5, 0.6) is 5.75 Å². The second kappa shape index (κ2) is 6.25. The van der Waals surface area contributed by atoms with E-state index in [0.29, 0.717) is 4.80 Å². The fourth-order valence-corrected chi connectivity index (χ4v) is 3.30. The second-order valence-corrected chi connectivity index (χ2v) is 6.01. The van der Waals surface area contributed by atoms with E-state index in [-0.39, 0.29) is 11.3 Å². The van der Waals surface area contributed by atoms with Crippen LogP contribution in [0.4, 0.5) is 5.69 Å². The van der Waals surface area contributed by atoms with Gasteiger partial charge in [0.25, 0.3) is 11.6 Å². The average molecular weight is 343 g/mol. The van der Waals surface area contributed by atoms with Gasteiger partial charge in [0.1, 0.15) is 5.75 Å². The molecule has 24 heavy (non-hydrogen) atoms. The number of fused-ring (bicyclic) bond motifs is 1. The quantitative estimate of drug-likeness (QED) is 0.540. The van der Waals surface area contributed by atoms with Gasteiger partial charge in [-0.2, -0.15) is 4.99 Å². The van der Waals surface area contributed by atoms with Crippen molar-refractivity contribution < 1.29 is 14.5 Å². The van der Waals surface area contributed by atoms with Gasteiger partial charge in [-0.3, -0.25) is 14.9 Å². The first-order valence-electron chi connectivity index (χ1n) is 6.96. The number of nitro groups is 1. The maximum atomic E-state index is 12.3. The minimum absolute atomic E-state index is 0.137. The van der Waals surface area contributed by atoms with Gasteiger partial charge in [0, 0.05) is 24.7 Å². The van der Waals surface area contributed by atoms with E-state index in [1.165, 1.54) is 35.6 Å². The van der Waals surface area contributed by atoms with E-state index in [1.54, 1.807) is 11.7 Å². The molecule has 7 nitrogen and oxygen atoms in total. The number of carbonyl (C=O) groups excluding carboxylic acids is 1. The van der Waals surface area contributed by atoms with E-state index in [0.717, 1.165) is 16.0 Å². The molecule has 0 saturated carbocycles. The summed E-state index contributed by atoms with van der Waals surface area (Å²) in [6.45, 7) is 0. The number of aryl methyl sites for hydroxylation is 1. The molecule has 1 aromatic heterocycles. The number of methoxy groups -OCH3 is 1. The van der Waals surface area contributed by atoms with Gasteiger partial charge >= 0.3 is 0 Å². The largest absolute Gasteiger partial charge is 0.497 e. The Bertz CT molecular complexity index is 1020. The number of thiazole rings is 1. The summed E-state index contributed by atoms with van der Waals surface area (Å²) in [5.41, 5.74) is 0.965. The Kier molecular flexibility index (Phi) is 4.13. The van der Waals surface area contributed by atoms with Crippen LogP contribution in [0.3, 0.4) is 0 Å². The molecule has 0 bridgehead atoms. The first kappa shape index (κ1) is 15.9. The number of hydrogen-bond acceptors (Lipinski definition) is 5. The van der Waals surface area contributed by atoms with Gasteiger partial charge in [-0.15, -0.1) is 0 Å². The molecule has 3 aromatic rings. The van der Waals surface area contributed by atoms with Gasteiger partial charge in [-0.1, -0.05) is 17.4 Å². The Hall–Kier alpha value is -3.00. The van der Waals surface area contributed by atoms with Crippen LogP contribution < -0.4 is 9.54 Å². The molecular weight excluding hydrogens is 330 g/mol. The molecule has 0 saturated heterocycles. The zero-order chi connectivity index (χ0) is 17.3. The number of benzene rings is 2. The maximum Gasteiger partial charge on any atom is 0.279 e. The molecule has 0 fully saturated rings. The van der Waals surface area contributed by atoms with Crippen molar-refractivity contribution in [3.63, 3.8) is 0 Å². The van der Waals surface area contributed by atoms with Gasteiger partial charge in [0.15, 0.2) is 4.80 Å². The summed E-state index contributed by atoms with van der Waals surface area (Å²) in [7, 11) is 3.40. The highest BCUT2D eigenvalue weighted by atomic mass is 32.1. The zero-order valence-electron chi connectivity index (χ0n) is 12.9. The lowest BCUT2D eigenvalue weighted by Crippen LogP contribution is -2.13. The minimum Gasteiger partial charge on any atom is -0.497 e. The normalized spacial score (nSPS) is 11.7. The summed E-state index contributed by atoms with van der Waals surface area (Å²) in [5, 5.41) is 10.8. The third-order valence-electron chi connectivity index (χ3n) is 3.52. The third kappa shape index (κ3) is 2.91. The van der Waals surface area contributed by atoms with Crippen LogP contribution in [-0.2, 0) is 7.05 Å². The highest BCUT2D eigenvalue weighted by Gasteiger charge is 2.12. The van der Waals surface area contributed by atoms with E-state index in [4.69, 9.17) is 4.74 Å². The molecule has 1 amide bonds. The minimum atomic E-state index is -0.539. The summed E-state index contributed by atoms with van der Waals surface area (Å²) in [4.78, 5) is 27.2. The molecule has 3 rings (SSSR count). The van der Waals surface area contributed by atoms with Crippen LogP contribution in [0.2, 0.25) is 0 Å². The van der Waals surface area contributed by atoms with Crippen molar-refractivity contribution in [1.82, 2.24) is 4.57 Å². The predicted octanol–water partition coefficient (Wildman–Crippen LogP) is 2.90. The van der Waals surface area contributed by atoms with Gasteiger partial charge in [-0.25, -0.2) is 0 Å². The summed E-state index contributed by atoms with van der Waals surface area (Å²) in [6.07, 6.45) is 0. The highest BCUT2D eigenvalue weighted by molar-refractivity contribution is 7.16. The molecule has 2 aromatic carbocycles. The molecule has 8 heteroatoms. The third-order valence-corrected chi connectivity index (χ3v) is 4.61. The molecule has 0 aliphatic heterocycles. The number of carbonyl (C=O) groups is 1. The van der Waals surface area contributed by atoms with Gasteiger partial charge < -0.3 is 9.30 Å². The van der Waals surface area contributed by atoms with Crippen molar-refractivity contribution >= 4 is 33.1 Å². The number of rotatable bonds is 3. The van der Waals surface area contributed by atoms with Crippen molar-refractivity contribution in [1.29, 1.82) is 0 Å². The highest BCUT2D eigenvalue weighted by Crippen LogP contribution is 2.22. The maximum absolute atomic E-state index is 12.3. The summed E-state index contributed by atoms with van der Waals surface area (Å²) >= 11 is 1.35. The number of amides is 1. The number of nitrogens with zero attached hydrogens (tertiary/aromatic N) is 3. The number of nitro benzene ring substituents is 1. The first-order valence-corrected chi connectivity index (χ1v) is 7.78. The van der Waals surface area contributed by atoms with Crippen molar-refractivity contribution in [3.8, 4) is 5.75 Å². The van der Waals surface area contributed by atoms with Crippen molar-refractivity contribution in [2.75, 3.05) is 7.11 Å². The molecule has 0 N–H and O–H groups in total. The molecule has 0 atom stereocenters. The summed E-state index contributed by atoms with van der Waals surface area (Å²) in [6, 6.07) is 11.1. The van der Waals surface area contributed by atoms with Crippen LogP contribution in [-0.4, -0.2) is 22.5 Å². The molecule has 1 heterocycles.